The zero-order valence-corrected chi connectivity index (χ0v) is 17.2. The Hall–Kier alpha value is -3.00. The smallest absolute Gasteiger partial charge is 0.165 e. The lowest BCUT2D eigenvalue weighted by Crippen LogP contribution is -2.44. The lowest BCUT2D eigenvalue weighted by molar-refractivity contribution is -0.0673. The fourth-order valence-electron chi connectivity index (χ4n) is 4.80. The van der Waals surface area contributed by atoms with Gasteiger partial charge in [0.2, 0.25) is 0 Å². The van der Waals surface area contributed by atoms with Gasteiger partial charge >= 0.3 is 0 Å². The van der Waals surface area contributed by atoms with Crippen LogP contribution < -0.4 is 4.90 Å². The molecule has 1 aliphatic heterocycles. The minimum absolute atomic E-state index is 0.0457. The Balaban J connectivity index is 1.58. The van der Waals surface area contributed by atoms with E-state index in [9.17, 15) is 5.11 Å². The third kappa shape index (κ3) is 2.94. The van der Waals surface area contributed by atoms with Crippen LogP contribution in [0.5, 0.6) is 0 Å². The van der Waals surface area contributed by atoms with Crippen LogP contribution >= 0.6 is 0 Å². The number of aliphatic hydroxyl groups is 1. The summed E-state index contributed by atoms with van der Waals surface area (Å²) in [6.07, 6.45) is 4.02. The summed E-state index contributed by atoms with van der Waals surface area (Å²) in [6, 6.07) is 10.1. The summed E-state index contributed by atoms with van der Waals surface area (Å²) >= 11 is 0. The molecule has 2 aromatic heterocycles. The van der Waals surface area contributed by atoms with Crippen LogP contribution in [0.25, 0.3) is 11.2 Å². The van der Waals surface area contributed by atoms with Crippen LogP contribution in [0.15, 0.2) is 48.1 Å². The van der Waals surface area contributed by atoms with E-state index in [2.05, 4.69) is 38.4 Å². The van der Waals surface area contributed by atoms with Crippen LogP contribution in [-0.2, 0) is 4.84 Å². The minimum atomic E-state index is -0.535. The number of aromatic nitrogens is 4. The predicted octanol–water partition coefficient (Wildman–Crippen LogP) is 2.79. The van der Waals surface area contributed by atoms with Gasteiger partial charge in [-0.1, -0.05) is 35.5 Å². The van der Waals surface area contributed by atoms with E-state index in [1.165, 1.54) is 0 Å². The van der Waals surface area contributed by atoms with E-state index in [0.29, 0.717) is 6.42 Å². The fourth-order valence-corrected chi connectivity index (χ4v) is 4.80. The highest BCUT2D eigenvalue weighted by molar-refractivity contribution is 6.03. The highest BCUT2D eigenvalue weighted by Gasteiger charge is 2.48. The highest BCUT2D eigenvalue weighted by Crippen LogP contribution is 2.43. The maximum Gasteiger partial charge on any atom is 0.165 e. The second-order valence-electron chi connectivity index (χ2n) is 7.84. The van der Waals surface area contributed by atoms with E-state index in [0.717, 1.165) is 47.8 Å². The fraction of sp³-hybridized carbons (Fsp3) is 0.455. The molecule has 0 radical (unpaired) electrons. The Morgan fingerprint density at radius 3 is 2.67 bits per heavy atom. The van der Waals surface area contributed by atoms with E-state index in [1.54, 1.807) is 6.33 Å². The highest BCUT2D eigenvalue weighted by atomic mass is 16.7. The van der Waals surface area contributed by atoms with Crippen molar-refractivity contribution in [2.24, 2.45) is 11.1 Å². The SMILES string of the molecule is CCN(CC)c1ncnc2c1ncn2[C@@H]1CC[C@H](O)[C@H]2ON=C(c3ccccc3)[C@H]21. The quantitative estimate of drug-likeness (QED) is 0.701. The van der Waals surface area contributed by atoms with Gasteiger partial charge in [0, 0.05) is 19.1 Å². The molecular formula is C22H26N6O2. The molecule has 8 nitrogen and oxygen atoms in total. The molecule has 1 fully saturated rings. The Kier molecular flexibility index (Phi) is 4.86. The van der Waals surface area contributed by atoms with Gasteiger partial charge in [-0.3, -0.25) is 0 Å². The van der Waals surface area contributed by atoms with Gasteiger partial charge in [0.25, 0.3) is 0 Å². The molecule has 0 spiro atoms. The molecule has 0 amide bonds. The van der Waals surface area contributed by atoms with Crippen LogP contribution in [0, 0.1) is 5.92 Å². The van der Waals surface area contributed by atoms with Crippen molar-refractivity contribution in [1.82, 2.24) is 19.5 Å². The number of hydrogen-bond donors (Lipinski definition) is 1. The van der Waals surface area contributed by atoms with Crippen LogP contribution in [0.1, 0.15) is 38.3 Å². The number of benzene rings is 1. The molecule has 3 heterocycles. The van der Waals surface area contributed by atoms with E-state index < -0.39 is 6.10 Å². The summed E-state index contributed by atoms with van der Waals surface area (Å²) in [5.41, 5.74) is 3.52. The Bertz CT molecular complexity index is 1060. The zero-order chi connectivity index (χ0) is 20.7. The second kappa shape index (κ2) is 7.68. The summed E-state index contributed by atoms with van der Waals surface area (Å²) in [6.45, 7) is 5.93. The summed E-state index contributed by atoms with van der Waals surface area (Å²) < 4.78 is 2.13. The van der Waals surface area contributed by atoms with Crippen molar-refractivity contribution in [3.63, 3.8) is 0 Å². The molecule has 2 aliphatic rings. The molecule has 1 aliphatic carbocycles. The molecule has 8 heteroatoms. The normalized spacial score (nSPS) is 25.6. The Labute approximate surface area is 175 Å². The first-order valence-electron chi connectivity index (χ1n) is 10.6. The summed E-state index contributed by atoms with van der Waals surface area (Å²) in [7, 11) is 0. The zero-order valence-electron chi connectivity index (χ0n) is 17.2. The van der Waals surface area contributed by atoms with Crippen molar-refractivity contribution in [3.05, 3.63) is 48.5 Å². The molecule has 0 unspecified atom stereocenters. The van der Waals surface area contributed by atoms with E-state index in [-0.39, 0.29) is 18.1 Å². The number of nitrogens with zero attached hydrogens (tertiary/aromatic N) is 6. The molecule has 3 aromatic rings. The molecule has 156 valence electrons. The van der Waals surface area contributed by atoms with Gasteiger partial charge in [-0.05, 0) is 32.3 Å². The first kappa shape index (κ1) is 19.0. The van der Waals surface area contributed by atoms with Crippen molar-refractivity contribution in [1.29, 1.82) is 0 Å². The molecule has 30 heavy (non-hydrogen) atoms. The van der Waals surface area contributed by atoms with Gasteiger partial charge < -0.3 is 19.4 Å². The maximum atomic E-state index is 10.6. The Morgan fingerprint density at radius 1 is 1.10 bits per heavy atom. The van der Waals surface area contributed by atoms with Crippen molar-refractivity contribution in [2.45, 2.75) is 44.9 Å². The number of hydrogen-bond acceptors (Lipinski definition) is 7. The lowest BCUT2D eigenvalue weighted by Gasteiger charge is -2.36. The summed E-state index contributed by atoms with van der Waals surface area (Å²) in [4.78, 5) is 21.7. The number of imidazole rings is 1. The standard InChI is InChI=1S/C22H26N6O2/c1-3-27(4-2)21-19-22(24-12-23-21)28(13-25-19)15-10-11-16(29)20-17(15)18(26-30-20)14-8-6-5-7-9-14/h5-9,12-13,15-17,20,29H,3-4,10-11H2,1-2H3/t15-,16+,17-,20-/m1/s1. The monoisotopic (exact) mass is 406 g/mol. The van der Waals surface area contributed by atoms with Gasteiger partial charge in [-0.25, -0.2) is 15.0 Å². The maximum absolute atomic E-state index is 10.6. The van der Waals surface area contributed by atoms with Crippen molar-refractivity contribution in [2.75, 3.05) is 18.0 Å². The second-order valence-corrected chi connectivity index (χ2v) is 7.84. The molecule has 1 aromatic carbocycles. The number of fused-ring (bicyclic) bond motifs is 2. The predicted molar refractivity (Wildman–Crippen MR) is 115 cm³/mol. The molecule has 0 saturated heterocycles. The molecule has 5 rings (SSSR count). The first-order chi connectivity index (χ1) is 14.7. The van der Waals surface area contributed by atoms with Crippen LogP contribution in [0.4, 0.5) is 5.82 Å². The summed E-state index contributed by atoms with van der Waals surface area (Å²) in [5.74, 6) is 0.788. The number of anilines is 1. The molecule has 4 atom stereocenters. The van der Waals surface area contributed by atoms with E-state index in [4.69, 9.17) is 9.82 Å². The Morgan fingerprint density at radius 2 is 1.90 bits per heavy atom. The largest absolute Gasteiger partial charge is 0.389 e. The van der Waals surface area contributed by atoms with E-state index in [1.807, 2.05) is 36.7 Å². The summed E-state index contributed by atoms with van der Waals surface area (Å²) in [5, 5.41) is 15.0. The van der Waals surface area contributed by atoms with Gasteiger partial charge in [0.15, 0.2) is 23.1 Å². The van der Waals surface area contributed by atoms with Crippen molar-refractivity contribution in [3.8, 4) is 0 Å². The molecular weight excluding hydrogens is 380 g/mol. The third-order valence-electron chi connectivity index (χ3n) is 6.32. The average molecular weight is 406 g/mol. The van der Waals surface area contributed by atoms with Crippen molar-refractivity contribution < 1.29 is 9.94 Å². The number of oxime groups is 1. The van der Waals surface area contributed by atoms with Gasteiger partial charge in [-0.2, -0.15) is 0 Å². The minimum Gasteiger partial charge on any atom is -0.389 e. The van der Waals surface area contributed by atoms with Crippen LogP contribution in [-0.4, -0.2) is 55.6 Å². The van der Waals surface area contributed by atoms with Crippen LogP contribution in [0.3, 0.4) is 0 Å². The number of rotatable bonds is 5. The van der Waals surface area contributed by atoms with Gasteiger partial charge in [-0.15, -0.1) is 0 Å². The first-order valence-corrected chi connectivity index (χ1v) is 10.6. The van der Waals surface area contributed by atoms with Gasteiger partial charge in [0.05, 0.1) is 24.1 Å². The van der Waals surface area contributed by atoms with Gasteiger partial charge in [0.1, 0.15) is 6.33 Å². The molecule has 1 saturated carbocycles. The topological polar surface area (TPSA) is 88.7 Å². The molecule has 0 bridgehead atoms. The average Bonchev–Trinajstić information content (AvgIpc) is 3.42. The van der Waals surface area contributed by atoms with Crippen molar-refractivity contribution >= 4 is 22.7 Å². The van der Waals surface area contributed by atoms with E-state index >= 15 is 0 Å². The number of aliphatic hydroxyl groups excluding tert-OH is 1. The lowest BCUT2D eigenvalue weighted by atomic mass is 9.76. The third-order valence-corrected chi connectivity index (χ3v) is 6.32. The van der Waals surface area contributed by atoms with Crippen LogP contribution in [0.2, 0.25) is 0 Å². The molecule has 1 N–H and O–H groups in total.